The predicted molar refractivity (Wildman–Crippen MR) is 137 cm³/mol. The monoisotopic (exact) mass is 538 g/mol. The minimum atomic E-state index is -4.10. The van der Waals surface area contributed by atoms with Gasteiger partial charge in [0.15, 0.2) is 6.23 Å². The molecule has 7 atom stereocenters. The Morgan fingerprint density at radius 2 is 1.58 bits per heavy atom. The lowest BCUT2D eigenvalue weighted by molar-refractivity contribution is -0.0646. The van der Waals surface area contributed by atoms with Crippen molar-refractivity contribution in [3.63, 3.8) is 0 Å². The molecule has 198 valence electrons. The standard InChI is InChI=1S/C26H27N4O7P/c27-24-18-11-12-30(25(18)29-15-28-24)26-23(32)22(31)21(35-26)14-34-38(33)36-19(16-7-3-1-4-8-16)13-20(37-38)17-9-5-2-6-10-17/h1-12,15,19-23,26,31-32H,13-14H2,(H2,27,28,29)/t19-,20+,21-,22-,23-,26-,38-/m1/s1. The number of nitrogens with zero attached hydrogens (tertiary/aromatic N) is 3. The fraction of sp³-hybridized carbons (Fsp3) is 0.308. The third kappa shape index (κ3) is 4.74. The Hall–Kier alpha value is -3.15. The molecule has 11 nitrogen and oxygen atoms in total. The van der Waals surface area contributed by atoms with Crippen molar-refractivity contribution < 1.29 is 33.1 Å². The molecule has 2 saturated heterocycles. The van der Waals surface area contributed by atoms with Crippen molar-refractivity contribution in [3.05, 3.63) is 90.4 Å². The normalized spacial score (nSPS) is 31.5. The quantitative estimate of drug-likeness (QED) is 0.310. The van der Waals surface area contributed by atoms with E-state index in [2.05, 4.69) is 9.97 Å². The van der Waals surface area contributed by atoms with Crippen molar-refractivity contribution in [3.8, 4) is 0 Å². The minimum Gasteiger partial charge on any atom is -0.387 e. The minimum absolute atomic E-state index is 0.285. The molecule has 2 aromatic carbocycles. The number of benzene rings is 2. The maximum atomic E-state index is 13.8. The summed E-state index contributed by atoms with van der Waals surface area (Å²) >= 11 is 0. The Balaban J connectivity index is 1.21. The van der Waals surface area contributed by atoms with Crippen LogP contribution < -0.4 is 5.73 Å². The number of anilines is 1. The molecule has 4 N–H and O–H groups in total. The van der Waals surface area contributed by atoms with Gasteiger partial charge in [-0.2, -0.15) is 0 Å². The van der Waals surface area contributed by atoms with E-state index in [-0.39, 0.29) is 12.4 Å². The van der Waals surface area contributed by atoms with Crippen LogP contribution in [-0.2, 0) is 22.9 Å². The van der Waals surface area contributed by atoms with Crippen LogP contribution in [0.3, 0.4) is 0 Å². The molecule has 0 unspecified atom stereocenters. The lowest BCUT2D eigenvalue weighted by Crippen LogP contribution is -2.34. The molecular weight excluding hydrogens is 511 g/mol. The molecule has 0 bridgehead atoms. The molecular formula is C26H27N4O7P. The zero-order valence-electron chi connectivity index (χ0n) is 20.2. The van der Waals surface area contributed by atoms with Crippen LogP contribution in [0.1, 0.15) is 36.0 Å². The topological polar surface area (TPSA) is 151 Å². The van der Waals surface area contributed by atoms with Gasteiger partial charge >= 0.3 is 7.82 Å². The number of nitrogen functional groups attached to an aromatic ring is 1. The first-order valence-electron chi connectivity index (χ1n) is 12.2. The highest BCUT2D eigenvalue weighted by Gasteiger charge is 2.47. The fourth-order valence-electron chi connectivity index (χ4n) is 4.86. The van der Waals surface area contributed by atoms with E-state index in [1.807, 2.05) is 60.7 Å². The van der Waals surface area contributed by atoms with Gasteiger partial charge in [-0.3, -0.25) is 13.6 Å². The number of aromatic nitrogens is 3. The summed E-state index contributed by atoms with van der Waals surface area (Å²) in [7, 11) is -4.10. The van der Waals surface area contributed by atoms with Crippen molar-refractivity contribution in [2.24, 2.45) is 0 Å². The molecule has 12 heteroatoms. The number of aliphatic hydroxyl groups is 2. The summed E-state index contributed by atoms with van der Waals surface area (Å²) < 4.78 is 38.7. The molecule has 2 aromatic heterocycles. The number of rotatable bonds is 6. The van der Waals surface area contributed by atoms with Gasteiger partial charge in [-0.25, -0.2) is 14.5 Å². The van der Waals surface area contributed by atoms with Crippen molar-refractivity contribution in [1.29, 1.82) is 0 Å². The smallest absolute Gasteiger partial charge is 0.387 e. The highest BCUT2D eigenvalue weighted by atomic mass is 31.2. The summed E-state index contributed by atoms with van der Waals surface area (Å²) in [6, 6.07) is 20.6. The van der Waals surface area contributed by atoms with Gasteiger partial charge in [0.2, 0.25) is 0 Å². The van der Waals surface area contributed by atoms with E-state index >= 15 is 0 Å². The molecule has 0 saturated carbocycles. The lowest BCUT2D eigenvalue weighted by atomic mass is 9.99. The van der Waals surface area contributed by atoms with E-state index in [1.54, 1.807) is 16.8 Å². The molecule has 2 aliphatic heterocycles. The number of hydrogen-bond donors (Lipinski definition) is 3. The molecule has 0 radical (unpaired) electrons. The molecule has 4 heterocycles. The number of aliphatic hydroxyl groups excluding tert-OH is 2. The number of hydrogen-bond acceptors (Lipinski definition) is 10. The second-order valence-electron chi connectivity index (χ2n) is 9.25. The van der Waals surface area contributed by atoms with Gasteiger partial charge in [-0.05, 0) is 17.2 Å². The van der Waals surface area contributed by atoms with Crippen LogP contribution in [0.5, 0.6) is 0 Å². The maximum Gasteiger partial charge on any atom is 0.476 e. The van der Waals surface area contributed by atoms with E-state index in [9.17, 15) is 14.8 Å². The third-order valence-electron chi connectivity index (χ3n) is 6.83. The van der Waals surface area contributed by atoms with E-state index in [0.29, 0.717) is 17.5 Å². The Morgan fingerprint density at radius 1 is 0.947 bits per heavy atom. The molecule has 0 amide bonds. The zero-order chi connectivity index (χ0) is 26.3. The molecule has 0 spiro atoms. The first-order valence-corrected chi connectivity index (χ1v) is 13.7. The number of ether oxygens (including phenoxy) is 1. The molecule has 4 aromatic rings. The van der Waals surface area contributed by atoms with Gasteiger partial charge in [0.1, 0.15) is 36.1 Å². The first-order chi connectivity index (χ1) is 18.4. The van der Waals surface area contributed by atoms with E-state index in [4.69, 9.17) is 24.0 Å². The number of phosphoric ester groups is 1. The van der Waals surface area contributed by atoms with Crippen LogP contribution in [0.25, 0.3) is 11.0 Å². The Bertz CT molecular complexity index is 1400. The van der Waals surface area contributed by atoms with Crippen LogP contribution in [0, 0.1) is 0 Å². The highest BCUT2D eigenvalue weighted by molar-refractivity contribution is 7.48. The average Bonchev–Trinajstić information content (AvgIpc) is 3.50. The van der Waals surface area contributed by atoms with Crippen molar-refractivity contribution >= 4 is 24.7 Å². The molecule has 0 aliphatic carbocycles. The van der Waals surface area contributed by atoms with Crippen LogP contribution >= 0.6 is 7.82 Å². The molecule has 2 fully saturated rings. The Labute approximate surface area is 218 Å². The summed E-state index contributed by atoms with van der Waals surface area (Å²) in [5.41, 5.74) is 8.04. The second-order valence-corrected chi connectivity index (χ2v) is 10.8. The number of fused-ring (bicyclic) bond motifs is 1. The SMILES string of the molecule is Nc1ncnc2c1ccn2[C@@H]1O[C@H](CO[P@@]2(=O)O[C@H](c3ccccc3)C[C@H](c3ccccc3)O2)[C@@H](O)[C@H]1O. The summed E-state index contributed by atoms with van der Waals surface area (Å²) in [4.78, 5) is 8.18. The molecule has 38 heavy (non-hydrogen) atoms. The van der Waals surface area contributed by atoms with E-state index < -0.39 is 44.6 Å². The van der Waals surface area contributed by atoms with Crippen molar-refractivity contribution in [1.82, 2.24) is 14.5 Å². The van der Waals surface area contributed by atoms with E-state index in [0.717, 1.165) is 11.1 Å². The van der Waals surface area contributed by atoms with Gasteiger partial charge in [0, 0.05) is 12.6 Å². The lowest BCUT2D eigenvalue weighted by Gasteiger charge is -2.35. The van der Waals surface area contributed by atoms with Crippen molar-refractivity contribution in [2.75, 3.05) is 12.3 Å². The zero-order valence-corrected chi connectivity index (χ0v) is 21.1. The fourth-order valence-corrected chi connectivity index (χ4v) is 6.40. The summed E-state index contributed by atoms with van der Waals surface area (Å²) in [6.45, 7) is -0.342. The third-order valence-corrected chi connectivity index (χ3v) is 8.32. The van der Waals surface area contributed by atoms with Gasteiger partial charge in [0.05, 0.1) is 24.2 Å². The Kier molecular flexibility index (Phi) is 6.75. The van der Waals surface area contributed by atoms with Crippen LogP contribution in [0.4, 0.5) is 5.82 Å². The van der Waals surface area contributed by atoms with Crippen molar-refractivity contribution in [2.45, 2.75) is 43.2 Å². The summed E-state index contributed by atoms with van der Waals surface area (Å²) in [5.74, 6) is 0.285. The van der Waals surface area contributed by atoms with Crippen LogP contribution in [-0.4, -0.2) is 49.7 Å². The summed E-state index contributed by atoms with van der Waals surface area (Å²) in [6.07, 6.45) is -2.31. The number of nitrogens with two attached hydrogens (primary N) is 1. The largest absolute Gasteiger partial charge is 0.476 e. The van der Waals surface area contributed by atoms with E-state index in [1.165, 1.54) is 6.33 Å². The van der Waals surface area contributed by atoms with Gasteiger partial charge in [-0.1, -0.05) is 60.7 Å². The Morgan fingerprint density at radius 3 is 2.21 bits per heavy atom. The number of phosphoric acid groups is 1. The highest BCUT2D eigenvalue weighted by Crippen LogP contribution is 2.62. The predicted octanol–water partition coefficient (Wildman–Crippen LogP) is 3.68. The molecule has 2 aliphatic rings. The average molecular weight is 538 g/mol. The molecule has 6 rings (SSSR count). The van der Waals surface area contributed by atoms with Gasteiger partial charge < -0.3 is 25.3 Å². The van der Waals surface area contributed by atoms with Crippen LogP contribution in [0.2, 0.25) is 0 Å². The van der Waals surface area contributed by atoms with Crippen LogP contribution in [0.15, 0.2) is 79.3 Å². The maximum absolute atomic E-state index is 13.8. The first kappa shape index (κ1) is 25.1. The second kappa shape index (κ2) is 10.2. The van der Waals surface area contributed by atoms with Gasteiger partial charge in [0.25, 0.3) is 0 Å². The summed E-state index contributed by atoms with van der Waals surface area (Å²) in [5, 5.41) is 22.1. The van der Waals surface area contributed by atoms with Gasteiger partial charge in [-0.15, -0.1) is 0 Å².